The van der Waals surface area contributed by atoms with Gasteiger partial charge in [-0.05, 0) is 25.5 Å². The first-order chi connectivity index (χ1) is 9.13. The summed E-state index contributed by atoms with van der Waals surface area (Å²) in [5, 5.41) is 0. The molecule has 0 N–H and O–H groups in total. The minimum absolute atomic E-state index is 0.0128. The summed E-state index contributed by atoms with van der Waals surface area (Å²) in [6, 6.07) is 5.18. The first-order valence-corrected chi connectivity index (χ1v) is 6.42. The molecule has 2 heterocycles. The molecule has 0 aliphatic carbocycles. The van der Waals surface area contributed by atoms with Gasteiger partial charge < -0.3 is 9.64 Å². The van der Waals surface area contributed by atoms with Crippen molar-refractivity contribution in [3.63, 3.8) is 0 Å². The standard InChI is InChI=1S/C14H18N2O3/c1-10(9-11-5-3-4-8-15-11)16-12(14(18)19-2)6-7-13(16)17/h3-5,8,10,12H,6-7,9H2,1-2H3. The van der Waals surface area contributed by atoms with Crippen molar-refractivity contribution >= 4 is 11.9 Å². The van der Waals surface area contributed by atoms with Crippen LogP contribution in [0.1, 0.15) is 25.5 Å². The van der Waals surface area contributed by atoms with Crippen LogP contribution in [0, 0.1) is 0 Å². The third kappa shape index (κ3) is 2.92. The molecular weight excluding hydrogens is 244 g/mol. The summed E-state index contributed by atoms with van der Waals surface area (Å²) >= 11 is 0. The van der Waals surface area contributed by atoms with E-state index in [-0.39, 0.29) is 17.9 Å². The summed E-state index contributed by atoms with van der Waals surface area (Å²) in [4.78, 5) is 29.5. The Labute approximate surface area is 112 Å². The number of aromatic nitrogens is 1. The third-order valence-electron chi connectivity index (χ3n) is 3.43. The van der Waals surface area contributed by atoms with E-state index < -0.39 is 6.04 Å². The summed E-state index contributed by atoms with van der Waals surface area (Å²) in [6.07, 6.45) is 3.32. The largest absolute Gasteiger partial charge is 0.467 e. The van der Waals surface area contributed by atoms with E-state index in [9.17, 15) is 9.59 Å². The molecule has 1 aliphatic heterocycles. The zero-order valence-electron chi connectivity index (χ0n) is 11.2. The molecular formula is C14H18N2O3. The molecule has 2 unspecified atom stereocenters. The Hall–Kier alpha value is -1.91. The topological polar surface area (TPSA) is 59.5 Å². The maximum Gasteiger partial charge on any atom is 0.328 e. The average molecular weight is 262 g/mol. The van der Waals surface area contributed by atoms with Crippen LogP contribution in [-0.2, 0) is 20.7 Å². The number of carbonyl (C=O) groups is 2. The summed E-state index contributed by atoms with van der Waals surface area (Å²) in [7, 11) is 1.35. The van der Waals surface area contributed by atoms with Crippen molar-refractivity contribution in [1.82, 2.24) is 9.88 Å². The number of esters is 1. The highest BCUT2D eigenvalue weighted by Gasteiger charge is 2.39. The molecule has 1 aromatic heterocycles. The molecule has 1 saturated heterocycles. The van der Waals surface area contributed by atoms with Crippen LogP contribution >= 0.6 is 0 Å². The Bertz CT molecular complexity index is 461. The summed E-state index contributed by atoms with van der Waals surface area (Å²) in [6.45, 7) is 1.94. The van der Waals surface area contributed by atoms with E-state index in [1.54, 1.807) is 11.1 Å². The van der Waals surface area contributed by atoms with E-state index in [4.69, 9.17) is 4.74 Å². The van der Waals surface area contributed by atoms with Gasteiger partial charge in [-0.15, -0.1) is 0 Å². The summed E-state index contributed by atoms with van der Waals surface area (Å²) in [5.41, 5.74) is 0.915. The normalized spacial score (nSPS) is 20.4. The summed E-state index contributed by atoms with van der Waals surface area (Å²) < 4.78 is 4.76. The van der Waals surface area contributed by atoms with Crippen LogP contribution in [0.2, 0.25) is 0 Å². The van der Waals surface area contributed by atoms with E-state index in [1.165, 1.54) is 7.11 Å². The predicted molar refractivity (Wildman–Crippen MR) is 69.3 cm³/mol. The minimum atomic E-state index is -0.448. The second kappa shape index (κ2) is 5.82. The molecule has 2 atom stereocenters. The molecule has 1 amide bonds. The number of hydrogen-bond donors (Lipinski definition) is 0. The highest BCUT2D eigenvalue weighted by atomic mass is 16.5. The molecule has 1 fully saturated rings. The summed E-state index contributed by atoms with van der Waals surface area (Å²) in [5.74, 6) is -0.322. The molecule has 2 rings (SSSR count). The number of carbonyl (C=O) groups excluding carboxylic acids is 2. The molecule has 0 radical (unpaired) electrons. The molecule has 102 valence electrons. The number of amides is 1. The molecule has 1 aromatic rings. The molecule has 5 heteroatoms. The second-order valence-electron chi connectivity index (χ2n) is 4.75. The van der Waals surface area contributed by atoms with Gasteiger partial charge in [0.15, 0.2) is 0 Å². The molecule has 0 spiro atoms. The van der Waals surface area contributed by atoms with Crippen LogP contribution in [0.4, 0.5) is 0 Å². The smallest absolute Gasteiger partial charge is 0.328 e. The monoisotopic (exact) mass is 262 g/mol. The van der Waals surface area contributed by atoms with E-state index in [1.807, 2.05) is 25.1 Å². The van der Waals surface area contributed by atoms with Gasteiger partial charge in [0, 0.05) is 30.8 Å². The lowest BCUT2D eigenvalue weighted by Crippen LogP contribution is -2.45. The fourth-order valence-corrected chi connectivity index (χ4v) is 2.54. The highest BCUT2D eigenvalue weighted by molar-refractivity contribution is 5.88. The van der Waals surface area contributed by atoms with Crippen LogP contribution in [0.5, 0.6) is 0 Å². The predicted octanol–water partition coefficient (Wildman–Crippen LogP) is 1.18. The third-order valence-corrected chi connectivity index (χ3v) is 3.43. The molecule has 0 aromatic carbocycles. The first kappa shape index (κ1) is 13.5. The van der Waals surface area contributed by atoms with Crippen LogP contribution in [0.25, 0.3) is 0 Å². The fraction of sp³-hybridized carbons (Fsp3) is 0.500. The number of hydrogen-bond acceptors (Lipinski definition) is 4. The lowest BCUT2D eigenvalue weighted by atomic mass is 10.1. The van der Waals surface area contributed by atoms with Crippen molar-refractivity contribution in [3.8, 4) is 0 Å². The van der Waals surface area contributed by atoms with Gasteiger partial charge in [-0.3, -0.25) is 9.78 Å². The number of rotatable bonds is 4. The lowest BCUT2D eigenvalue weighted by Gasteiger charge is -2.29. The Balaban J connectivity index is 2.09. The maximum atomic E-state index is 11.9. The molecule has 0 bridgehead atoms. The van der Waals surface area contributed by atoms with E-state index in [0.29, 0.717) is 19.3 Å². The van der Waals surface area contributed by atoms with Gasteiger partial charge in [-0.25, -0.2) is 4.79 Å². The van der Waals surface area contributed by atoms with Crippen molar-refractivity contribution < 1.29 is 14.3 Å². The van der Waals surface area contributed by atoms with Gasteiger partial charge in [-0.1, -0.05) is 6.07 Å². The molecule has 0 saturated carbocycles. The number of methoxy groups -OCH3 is 1. The van der Waals surface area contributed by atoms with Crippen LogP contribution in [-0.4, -0.2) is 41.0 Å². The van der Waals surface area contributed by atoms with Gasteiger partial charge in [0.2, 0.25) is 5.91 Å². The Morgan fingerprint density at radius 3 is 3.00 bits per heavy atom. The lowest BCUT2D eigenvalue weighted by molar-refractivity contribution is -0.150. The fourth-order valence-electron chi connectivity index (χ4n) is 2.54. The van der Waals surface area contributed by atoms with Crippen molar-refractivity contribution in [3.05, 3.63) is 30.1 Å². The van der Waals surface area contributed by atoms with Crippen molar-refractivity contribution in [2.24, 2.45) is 0 Å². The van der Waals surface area contributed by atoms with Gasteiger partial charge in [0.25, 0.3) is 0 Å². The first-order valence-electron chi connectivity index (χ1n) is 6.42. The molecule has 5 nitrogen and oxygen atoms in total. The Morgan fingerprint density at radius 1 is 1.58 bits per heavy atom. The van der Waals surface area contributed by atoms with Gasteiger partial charge >= 0.3 is 5.97 Å². The maximum absolute atomic E-state index is 11.9. The van der Waals surface area contributed by atoms with E-state index in [2.05, 4.69) is 4.98 Å². The van der Waals surface area contributed by atoms with Gasteiger partial charge in [0.1, 0.15) is 6.04 Å². The number of likely N-dealkylation sites (tertiary alicyclic amines) is 1. The molecule has 19 heavy (non-hydrogen) atoms. The molecule has 1 aliphatic rings. The zero-order valence-corrected chi connectivity index (χ0v) is 11.2. The Kier molecular flexibility index (Phi) is 4.14. The van der Waals surface area contributed by atoms with Crippen LogP contribution < -0.4 is 0 Å². The van der Waals surface area contributed by atoms with E-state index >= 15 is 0 Å². The number of nitrogens with zero attached hydrogens (tertiary/aromatic N) is 2. The van der Waals surface area contributed by atoms with Crippen molar-refractivity contribution in [2.75, 3.05) is 7.11 Å². The van der Waals surface area contributed by atoms with Crippen LogP contribution in [0.15, 0.2) is 24.4 Å². The van der Waals surface area contributed by atoms with Gasteiger partial charge in [-0.2, -0.15) is 0 Å². The minimum Gasteiger partial charge on any atom is -0.467 e. The van der Waals surface area contributed by atoms with Crippen LogP contribution in [0.3, 0.4) is 0 Å². The quantitative estimate of drug-likeness (QED) is 0.764. The Morgan fingerprint density at radius 2 is 2.37 bits per heavy atom. The van der Waals surface area contributed by atoms with Crippen molar-refractivity contribution in [2.45, 2.75) is 38.3 Å². The van der Waals surface area contributed by atoms with Crippen molar-refractivity contribution in [1.29, 1.82) is 0 Å². The zero-order chi connectivity index (χ0) is 13.8. The number of ether oxygens (including phenoxy) is 1. The number of pyridine rings is 1. The van der Waals surface area contributed by atoms with E-state index in [0.717, 1.165) is 5.69 Å². The average Bonchev–Trinajstić information content (AvgIpc) is 2.81. The SMILES string of the molecule is COC(=O)C1CCC(=O)N1C(C)Cc1ccccn1. The second-order valence-corrected chi connectivity index (χ2v) is 4.75. The van der Waals surface area contributed by atoms with Gasteiger partial charge in [0.05, 0.1) is 7.11 Å². The highest BCUT2D eigenvalue weighted by Crippen LogP contribution is 2.23.